The smallest absolute Gasteiger partial charge is 0.191 e. The standard InChI is InChI=1S/C22H32N4O3.HI/c1-18-4-2-5-19(16-18)21(27)17-25-22(23-8-7-20-6-3-13-29-20)24-9-10-26-11-14-28-15-12-26;/h2-6,13,16,21,27H,7-12,14-15,17H2,1H3,(H2,23,24,25);1H. The number of benzene rings is 1. The number of nitrogens with one attached hydrogen (secondary N) is 2. The second-order valence-corrected chi connectivity index (χ2v) is 7.26. The Morgan fingerprint density at radius 3 is 2.70 bits per heavy atom. The molecule has 166 valence electrons. The van der Waals surface area contributed by atoms with Crippen LogP contribution in [0.15, 0.2) is 52.1 Å². The van der Waals surface area contributed by atoms with Gasteiger partial charge in [0.05, 0.1) is 32.1 Å². The number of furan rings is 1. The molecule has 2 heterocycles. The zero-order valence-corrected chi connectivity index (χ0v) is 19.9. The predicted molar refractivity (Wildman–Crippen MR) is 130 cm³/mol. The summed E-state index contributed by atoms with van der Waals surface area (Å²) in [6, 6.07) is 11.8. The summed E-state index contributed by atoms with van der Waals surface area (Å²) in [5.74, 6) is 1.64. The number of guanidine groups is 1. The SMILES string of the molecule is Cc1cccc(C(O)CN=C(NCCc2ccco2)NCCN2CCOCC2)c1.I. The van der Waals surface area contributed by atoms with E-state index in [1.807, 2.05) is 43.3 Å². The molecule has 1 unspecified atom stereocenters. The molecule has 1 fully saturated rings. The summed E-state index contributed by atoms with van der Waals surface area (Å²) in [6.07, 6.45) is 1.83. The first-order chi connectivity index (χ1) is 14.2. The zero-order chi connectivity index (χ0) is 20.3. The van der Waals surface area contributed by atoms with Gasteiger partial charge in [-0.25, -0.2) is 0 Å². The van der Waals surface area contributed by atoms with Crippen molar-refractivity contribution in [1.82, 2.24) is 15.5 Å². The van der Waals surface area contributed by atoms with Crippen molar-refractivity contribution in [2.24, 2.45) is 4.99 Å². The minimum Gasteiger partial charge on any atom is -0.469 e. The molecule has 0 radical (unpaired) electrons. The first kappa shape index (κ1) is 24.6. The highest BCUT2D eigenvalue weighted by Crippen LogP contribution is 2.14. The lowest BCUT2D eigenvalue weighted by atomic mass is 10.1. The summed E-state index contributed by atoms with van der Waals surface area (Å²) in [5, 5.41) is 17.2. The Morgan fingerprint density at radius 2 is 1.97 bits per heavy atom. The topological polar surface area (TPSA) is 82.3 Å². The molecule has 30 heavy (non-hydrogen) atoms. The molecule has 3 N–H and O–H groups in total. The van der Waals surface area contributed by atoms with Gasteiger partial charge >= 0.3 is 0 Å². The van der Waals surface area contributed by atoms with Gasteiger partial charge in [-0.1, -0.05) is 29.8 Å². The fourth-order valence-electron chi connectivity index (χ4n) is 3.25. The first-order valence-electron chi connectivity index (χ1n) is 10.3. The number of hydrogen-bond donors (Lipinski definition) is 3. The number of aliphatic imine (C=N–C) groups is 1. The van der Waals surface area contributed by atoms with Crippen LogP contribution in [0.5, 0.6) is 0 Å². The molecule has 3 rings (SSSR count). The lowest BCUT2D eigenvalue weighted by Gasteiger charge is -2.26. The van der Waals surface area contributed by atoms with Crippen molar-refractivity contribution in [1.29, 1.82) is 0 Å². The Bertz CT molecular complexity index is 749. The molecule has 0 amide bonds. The summed E-state index contributed by atoms with van der Waals surface area (Å²) in [5.41, 5.74) is 2.02. The molecule has 1 aliphatic rings. The average Bonchev–Trinajstić information content (AvgIpc) is 3.25. The Kier molecular flexibility index (Phi) is 11.2. The highest BCUT2D eigenvalue weighted by Gasteiger charge is 2.11. The van der Waals surface area contributed by atoms with Gasteiger partial charge in [0.2, 0.25) is 0 Å². The van der Waals surface area contributed by atoms with E-state index in [4.69, 9.17) is 9.15 Å². The third-order valence-corrected chi connectivity index (χ3v) is 4.92. The van der Waals surface area contributed by atoms with Crippen LogP contribution in [0.25, 0.3) is 0 Å². The van der Waals surface area contributed by atoms with Crippen molar-refractivity contribution < 1.29 is 14.3 Å². The minimum absolute atomic E-state index is 0. The fourth-order valence-corrected chi connectivity index (χ4v) is 3.25. The Labute approximate surface area is 195 Å². The van der Waals surface area contributed by atoms with Gasteiger partial charge in [0, 0.05) is 39.1 Å². The second-order valence-electron chi connectivity index (χ2n) is 7.26. The Hall–Kier alpha value is -1.62. The summed E-state index contributed by atoms with van der Waals surface area (Å²) < 4.78 is 10.8. The van der Waals surface area contributed by atoms with Gasteiger partial charge in [-0.15, -0.1) is 24.0 Å². The second kappa shape index (κ2) is 13.6. The number of rotatable bonds is 9. The molecule has 0 saturated carbocycles. The molecule has 0 aliphatic carbocycles. The van der Waals surface area contributed by atoms with Crippen molar-refractivity contribution >= 4 is 29.9 Å². The van der Waals surface area contributed by atoms with Crippen LogP contribution in [-0.4, -0.2) is 68.4 Å². The monoisotopic (exact) mass is 528 g/mol. The van der Waals surface area contributed by atoms with E-state index in [0.29, 0.717) is 19.0 Å². The van der Waals surface area contributed by atoms with Crippen LogP contribution in [-0.2, 0) is 11.2 Å². The summed E-state index contributed by atoms with van der Waals surface area (Å²) in [6.45, 7) is 8.27. The normalized spacial score (nSPS) is 16.0. The highest BCUT2D eigenvalue weighted by molar-refractivity contribution is 14.0. The van der Waals surface area contributed by atoms with Crippen LogP contribution in [0, 0.1) is 6.92 Å². The highest BCUT2D eigenvalue weighted by atomic mass is 127. The van der Waals surface area contributed by atoms with Crippen LogP contribution >= 0.6 is 24.0 Å². The minimum atomic E-state index is -0.627. The van der Waals surface area contributed by atoms with Crippen molar-refractivity contribution in [2.45, 2.75) is 19.4 Å². The number of aliphatic hydroxyl groups excluding tert-OH is 1. The number of aliphatic hydroxyl groups is 1. The molecule has 0 spiro atoms. The van der Waals surface area contributed by atoms with E-state index in [1.54, 1.807) is 6.26 Å². The van der Waals surface area contributed by atoms with Gasteiger partial charge in [-0.3, -0.25) is 9.89 Å². The van der Waals surface area contributed by atoms with Crippen LogP contribution in [0.4, 0.5) is 0 Å². The molecule has 8 heteroatoms. The quantitative estimate of drug-likeness (QED) is 0.264. The zero-order valence-electron chi connectivity index (χ0n) is 17.5. The molecular formula is C22H33IN4O3. The van der Waals surface area contributed by atoms with E-state index in [9.17, 15) is 5.11 Å². The lowest BCUT2D eigenvalue weighted by Crippen LogP contribution is -2.45. The summed E-state index contributed by atoms with van der Waals surface area (Å²) in [4.78, 5) is 6.98. The van der Waals surface area contributed by atoms with Gasteiger partial charge in [0.1, 0.15) is 5.76 Å². The van der Waals surface area contributed by atoms with Crippen molar-refractivity contribution in [2.75, 3.05) is 52.5 Å². The molecular weight excluding hydrogens is 495 g/mol. The molecule has 1 saturated heterocycles. The van der Waals surface area contributed by atoms with Gasteiger partial charge in [-0.2, -0.15) is 0 Å². The van der Waals surface area contributed by atoms with Crippen LogP contribution in [0.3, 0.4) is 0 Å². The summed E-state index contributed by atoms with van der Waals surface area (Å²) in [7, 11) is 0. The average molecular weight is 528 g/mol. The van der Waals surface area contributed by atoms with E-state index < -0.39 is 6.10 Å². The van der Waals surface area contributed by atoms with E-state index in [1.165, 1.54) is 0 Å². The number of ether oxygens (including phenoxy) is 1. The van der Waals surface area contributed by atoms with Crippen molar-refractivity contribution in [3.63, 3.8) is 0 Å². The molecule has 1 aliphatic heterocycles. The Balaban J connectivity index is 0.00000320. The van der Waals surface area contributed by atoms with E-state index in [0.717, 1.165) is 62.7 Å². The van der Waals surface area contributed by atoms with Crippen molar-refractivity contribution in [3.05, 3.63) is 59.5 Å². The largest absolute Gasteiger partial charge is 0.469 e. The molecule has 2 aromatic rings. The van der Waals surface area contributed by atoms with E-state index in [-0.39, 0.29) is 24.0 Å². The van der Waals surface area contributed by atoms with Crippen LogP contribution < -0.4 is 10.6 Å². The van der Waals surface area contributed by atoms with Gasteiger partial charge in [-0.05, 0) is 24.6 Å². The molecule has 1 atom stereocenters. The molecule has 7 nitrogen and oxygen atoms in total. The molecule has 1 aromatic carbocycles. The Morgan fingerprint density at radius 1 is 1.17 bits per heavy atom. The third-order valence-electron chi connectivity index (χ3n) is 4.92. The fraction of sp³-hybridized carbons (Fsp3) is 0.500. The molecule has 1 aromatic heterocycles. The third kappa shape index (κ3) is 8.63. The maximum absolute atomic E-state index is 10.5. The van der Waals surface area contributed by atoms with Crippen LogP contribution in [0.1, 0.15) is 23.0 Å². The number of nitrogens with zero attached hydrogens (tertiary/aromatic N) is 2. The first-order valence-corrected chi connectivity index (χ1v) is 10.3. The van der Waals surface area contributed by atoms with Gasteiger partial charge in [0.25, 0.3) is 0 Å². The number of hydrogen-bond acceptors (Lipinski definition) is 5. The summed E-state index contributed by atoms with van der Waals surface area (Å²) >= 11 is 0. The van der Waals surface area contributed by atoms with E-state index in [2.05, 4.69) is 20.5 Å². The predicted octanol–water partition coefficient (Wildman–Crippen LogP) is 2.35. The number of aryl methyl sites for hydroxylation is 1. The molecule has 0 bridgehead atoms. The maximum atomic E-state index is 10.5. The van der Waals surface area contributed by atoms with Crippen molar-refractivity contribution in [3.8, 4) is 0 Å². The number of morpholine rings is 1. The van der Waals surface area contributed by atoms with Gasteiger partial charge in [0.15, 0.2) is 5.96 Å². The van der Waals surface area contributed by atoms with E-state index >= 15 is 0 Å². The maximum Gasteiger partial charge on any atom is 0.191 e. The van der Waals surface area contributed by atoms with Gasteiger partial charge < -0.3 is 24.9 Å². The van der Waals surface area contributed by atoms with Crippen LogP contribution in [0.2, 0.25) is 0 Å². The lowest BCUT2D eigenvalue weighted by molar-refractivity contribution is 0.0389. The number of halogens is 1.